The average Bonchev–Trinajstić information content (AvgIpc) is 2.30. The Morgan fingerprint density at radius 3 is 1.91 bits per heavy atom. The van der Waals surface area contributed by atoms with Crippen LogP contribution in [0.5, 0.6) is 0 Å². The van der Waals surface area contributed by atoms with E-state index in [0.29, 0.717) is 5.41 Å². The van der Waals surface area contributed by atoms with Crippen LogP contribution in [0.2, 0.25) is 0 Å². The van der Waals surface area contributed by atoms with Crippen LogP contribution in [-0.2, 0) is 0 Å². The largest absolute Gasteiger partial charge is 0.312 e. The van der Waals surface area contributed by atoms with Gasteiger partial charge in [0.05, 0.1) is 0 Å². The summed E-state index contributed by atoms with van der Waals surface area (Å²) in [6.07, 6.45) is 6.22. The maximum Gasteiger partial charge on any atom is 0.0125 e. The second kappa shape index (κ2) is 8.52. The number of hydrogen-bond acceptors (Lipinski definition) is 1. The first-order chi connectivity index (χ1) is 9.73. The predicted molar refractivity (Wildman–Crippen MR) is 102 cm³/mol. The molecule has 0 aromatic carbocycles. The zero-order valence-electron chi connectivity index (χ0n) is 17.0. The third-order valence-electron chi connectivity index (χ3n) is 4.74. The standard InChI is InChI=1S/C21H43N/c1-17(11-12-18(2)20(6,7)8)13-14-21(9,10)22-16-15-19(3,4)5/h17,22H,2,11-16H2,1,3-10H3. The zero-order valence-corrected chi connectivity index (χ0v) is 17.0. The van der Waals surface area contributed by atoms with Crippen molar-refractivity contribution in [3.8, 4) is 0 Å². The molecule has 0 fully saturated rings. The van der Waals surface area contributed by atoms with Crippen LogP contribution in [0, 0.1) is 16.7 Å². The van der Waals surface area contributed by atoms with Gasteiger partial charge in [0.2, 0.25) is 0 Å². The Hall–Kier alpha value is -0.300. The van der Waals surface area contributed by atoms with Crippen molar-refractivity contribution in [3.05, 3.63) is 12.2 Å². The SMILES string of the molecule is C=C(CCC(C)CCC(C)(C)NCCC(C)(C)C)C(C)(C)C. The molecule has 0 rings (SSSR count). The van der Waals surface area contributed by atoms with Gasteiger partial charge in [0.15, 0.2) is 0 Å². The minimum Gasteiger partial charge on any atom is -0.312 e. The monoisotopic (exact) mass is 309 g/mol. The highest BCUT2D eigenvalue weighted by atomic mass is 14.9. The molecule has 1 unspecified atom stereocenters. The molecule has 22 heavy (non-hydrogen) atoms. The third-order valence-corrected chi connectivity index (χ3v) is 4.74. The van der Waals surface area contributed by atoms with Crippen LogP contribution in [0.3, 0.4) is 0 Å². The van der Waals surface area contributed by atoms with Gasteiger partial charge >= 0.3 is 0 Å². The van der Waals surface area contributed by atoms with E-state index in [0.717, 1.165) is 12.5 Å². The molecule has 132 valence electrons. The van der Waals surface area contributed by atoms with Gasteiger partial charge in [0.1, 0.15) is 0 Å². The van der Waals surface area contributed by atoms with E-state index in [1.54, 1.807) is 0 Å². The summed E-state index contributed by atoms with van der Waals surface area (Å²) >= 11 is 0. The van der Waals surface area contributed by atoms with Gasteiger partial charge in [-0.25, -0.2) is 0 Å². The predicted octanol–water partition coefficient (Wildman–Crippen LogP) is 6.59. The van der Waals surface area contributed by atoms with Crippen LogP contribution in [0.1, 0.15) is 94.4 Å². The van der Waals surface area contributed by atoms with E-state index in [4.69, 9.17) is 0 Å². The van der Waals surface area contributed by atoms with Gasteiger partial charge in [0.25, 0.3) is 0 Å². The Bertz CT molecular complexity index is 325. The molecule has 1 N–H and O–H groups in total. The Morgan fingerprint density at radius 2 is 1.45 bits per heavy atom. The molecule has 0 saturated carbocycles. The van der Waals surface area contributed by atoms with Crippen LogP contribution in [0.15, 0.2) is 12.2 Å². The summed E-state index contributed by atoms with van der Waals surface area (Å²) < 4.78 is 0. The van der Waals surface area contributed by atoms with Crippen LogP contribution in [-0.4, -0.2) is 12.1 Å². The topological polar surface area (TPSA) is 12.0 Å². The first-order valence-corrected chi connectivity index (χ1v) is 9.16. The van der Waals surface area contributed by atoms with E-state index in [-0.39, 0.29) is 11.0 Å². The zero-order chi connectivity index (χ0) is 17.6. The number of hydrogen-bond donors (Lipinski definition) is 1. The van der Waals surface area contributed by atoms with E-state index < -0.39 is 0 Å². The molecule has 1 heteroatoms. The van der Waals surface area contributed by atoms with Crippen LogP contribution in [0.4, 0.5) is 0 Å². The van der Waals surface area contributed by atoms with E-state index in [9.17, 15) is 0 Å². The highest BCUT2D eigenvalue weighted by molar-refractivity contribution is 5.04. The summed E-state index contributed by atoms with van der Waals surface area (Å²) in [5.41, 5.74) is 2.32. The molecule has 0 amide bonds. The molecule has 0 aliphatic heterocycles. The lowest BCUT2D eigenvalue weighted by molar-refractivity contribution is 0.288. The normalized spacial score (nSPS) is 15.0. The fourth-order valence-corrected chi connectivity index (χ4v) is 2.41. The van der Waals surface area contributed by atoms with Crippen LogP contribution in [0.25, 0.3) is 0 Å². The second-order valence-corrected chi connectivity index (χ2v) is 10.2. The summed E-state index contributed by atoms with van der Waals surface area (Å²) in [7, 11) is 0. The van der Waals surface area contributed by atoms with Crippen molar-refractivity contribution in [2.24, 2.45) is 16.7 Å². The lowest BCUT2D eigenvalue weighted by Crippen LogP contribution is -2.41. The molecular formula is C21H43N. The van der Waals surface area contributed by atoms with E-state index >= 15 is 0 Å². The van der Waals surface area contributed by atoms with Gasteiger partial charge in [-0.05, 0) is 69.2 Å². The summed E-state index contributed by atoms with van der Waals surface area (Å²) in [4.78, 5) is 0. The quantitative estimate of drug-likeness (QED) is 0.474. The molecule has 0 aromatic heterocycles. The molecule has 0 aliphatic carbocycles. The summed E-state index contributed by atoms with van der Waals surface area (Å²) in [5.74, 6) is 0.780. The fraction of sp³-hybridized carbons (Fsp3) is 0.905. The van der Waals surface area contributed by atoms with E-state index in [2.05, 4.69) is 74.2 Å². The van der Waals surface area contributed by atoms with Crippen LogP contribution >= 0.6 is 0 Å². The first-order valence-electron chi connectivity index (χ1n) is 9.16. The van der Waals surface area contributed by atoms with Crippen molar-refractivity contribution < 1.29 is 0 Å². The first kappa shape index (κ1) is 21.7. The highest BCUT2D eigenvalue weighted by Crippen LogP contribution is 2.30. The minimum atomic E-state index is 0.251. The van der Waals surface area contributed by atoms with Gasteiger partial charge in [-0.15, -0.1) is 0 Å². The minimum absolute atomic E-state index is 0.251. The van der Waals surface area contributed by atoms with E-state index in [1.165, 1.54) is 37.7 Å². The maximum atomic E-state index is 4.26. The summed E-state index contributed by atoms with van der Waals surface area (Å²) in [6, 6.07) is 0. The van der Waals surface area contributed by atoms with Crippen molar-refractivity contribution in [2.75, 3.05) is 6.54 Å². The maximum absolute atomic E-state index is 4.26. The van der Waals surface area contributed by atoms with Gasteiger partial charge < -0.3 is 5.32 Å². The van der Waals surface area contributed by atoms with Crippen molar-refractivity contribution >= 4 is 0 Å². The Morgan fingerprint density at radius 1 is 0.909 bits per heavy atom. The third kappa shape index (κ3) is 11.3. The molecule has 0 aliphatic rings. The van der Waals surface area contributed by atoms with Crippen molar-refractivity contribution in [2.45, 2.75) is 100.0 Å². The second-order valence-electron chi connectivity index (χ2n) is 10.2. The lowest BCUT2D eigenvalue weighted by Gasteiger charge is -2.30. The van der Waals surface area contributed by atoms with Crippen molar-refractivity contribution in [1.29, 1.82) is 0 Å². The smallest absolute Gasteiger partial charge is 0.0125 e. The van der Waals surface area contributed by atoms with Crippen molar-refractivity contribution in [1.82, 2.24) is 5.32 Å². The average molecular weight is 310 g/mol. The number of rotatable bonds is 9. The molecule has 0 saturated heterocycles. The van der Waals surface area contributed by atoms with Crippen LogP contribution < -0.4 is 5.32 Å². The summed E-state index contributed by atoms with van der Waals surface area (Å²) in [5, 5.41) is 3.74. The lowest BCUT2D eigenvalue weighted by atomic mass is 9.82. The van der Waals surface area contributed by atoms with Gasteiger partial charge in [-0.2, -0.15) is 0 Å². The Kier molecular flexibility index (Phi) is 8.41. The molecule has 0 radical (unpaired) electrons. The molecular weight excluding hydrogens is 266 g/mol. The number of nitrogens with one attached hydrogen (secondary N) is 1. The number of allylic oxidation sites excluding steroid dienone is 1. The molecule has 0 aromatic rings. The molecule has 0 heterocycles. The Balaban J connectivity index is 4.02. The van der Waals surface area contributed by atoms with Gasteiger partial charge in [-0.1, -0.05) is 60.6 Å². The molecule has 1 nitrogen and oxygen atoms in total. The molecule has 0 bridgehead atoms. The molecule has 1 atom stereocenters. The van der Waals surface area contributed by atoms with E-state index in [1.807, 2.05) is 0 Å². The summed E-state index contributed by atoms with van der Waals surface area (Å²) in [6.45, 7) is 26.2. The van der Waals surface area contributed by atoms with Gasteiger partial charge in [0, 0.05) is 5.54 Å². The van der Waals surface area contributed by atoms with Gasteiger partial charge in [-0.3, -0.25) is 0 Å². The van der Waals surface area contributed by atoms with Crippen molar-refractivity contribution in [3.63, 3.8) is 0 Å². The highest BCUT2D eigenvalue weighted by Gasteiger charge is 2.20. The fourth-order valence-electron chi connectivity index (χ4n) is 2.41. The Labute approximate surface area is 141 Å². The molecule has 0 spiro atoms.